The summed E-state index contributed by atoms with van der Waals surface area (Å²) in [6, 6.07) is 8.94. The average molecular weight is 326 g/mol. The van der Waals surface area contributed by atoms with Crippen LogP contribution < -0.4 is 5.32 Å². The Morgan fingerprint density at radius 1 is 1.39 bits per heavy atom. The summed E-state index contributed by atoms with van der Waals surface area (Å²) in [6.45, 7) is 1.87. The van der Waals surface area contributed by atoms with E-state index in [-0.39, 0.29) is 5.91 Å². The Hall–Kier alpha value is -1.39. The molecule has 0 spiro atoms. The molecule has 0 unspecified atom stereocenters. The summed E-state index contributed by atoms with van der Waals surface area (Å²) in [5, 5.41) is 3.06. The number of nitrogens with zero attached hydrogens (tertiary/aromatic N) is 1. The molecule has 18 heavy (non-hydrogen) atoms. The summed E-state index contributed by atoms with van der Waals surface area (Å²) in [7, 11) is 0. The topological polar surface area (TPSA) is 42.0 Å². The third kappa shape index (κ3) is 2.89. The fraction of sp³-hybridized carbons (Fsp3) is 0.0769. The fourth-order valence-corrected chi connectivity index (χ4v) is 2.14. The lowest BCUT2D eigenvalue weighted by molar-refractivity contribution is 0.102. The first kappa shape index (κ1) is 13.1. The van der Waals surface area contributed by atoms with Crippen molar-refractivity contribution in [2.24, 2.45) is 0 Å². The molecule has 0 radical (unpaired) electrons. The number of benzene rings is 1. The summed E-state index contributed by atoms with van der Waals surface area (Å²) >= 11 is 9.28. The summed E-state index contributed by atoms with van der Waals surface area (Å²) in [5.41, 5.74) is 1.98. The zero-order chi connectivity index (χ0) is 13.1. The number of amides is 1. The van der Waals surface area contributed by atoms with Crippen molar-refractivity contribution in [1.82, 2.24) is 4.98 Å². The molecule has 2 rings (SSSR count). The van der Waals surface area contributed by atoms with Gasteiger partial charge in [0.05, 0.1) is 5.69 Å². The number of halogens is 2. The van der Waals surface area contributed by atoms with Gasteiger partial charge in [-0.3, -0.25) is 4.79 Å². The molecule has 3 nitrogen and oxygen atoms in total. The number of carbonyl (C=O) groups excluding carboxylic acids is 1. The third-order valence-corrected chi connectivity index (χ3v) is 3.22. The zero-order valence-electron chi connectivity index (χ0n) is 9.58. The highest BCUT2D eigenvalue weighted by Crippen LogP contribution is 2.23. The molecule has 0 bridgehead atoms. The van der Waals surface area contributed by atoms with Crippen molar-refractivity contribution < 1.29 is 4.79 Å². The predicted molar refractivity (Wildman–Crippen MR) is 76.1 cm³/mol. The van der Waals surface area contributed by atoms with E-state index in [9.17, 15) is 4.79 Å². The van der Waals surface area contributed by atoms with Gasteiger partial charge in [0, 0.05) is 16.2 Å². The Labute approximate surface area is 118 Å². The van der Waals surface area contributed by atoms with Crippen LogP contribution in [0.15, 0.2) is 41.0 Å². The molecule has 5 heteroatoms. The van der Waals surface area contributed by atoms with E-state index in [0.717, 1.165) is 10.0 Å². The van der Waals surface area contributed by atoms with E-state index in [1.807, 2.05) is 13.0 Å². The number of aromatic nitrogens is 1. The number of aryl methyl sites for hydroxylation is 1. The molecule has 0 aliphatic carbocycles. The van der Waals surface area contributed by atoms with Gasteiger partial charge in [-0.15, -0.1) is 0 Å². The van der Waals surface area contributed by atoms with Gasteiger partial charge >= 0.3 is 0 Å². The van der Waals surface area contributed by atoms with Crippen molar-refractivity contribution in [3.05, 3.63) is 57.3 Å². The zero-order valence-corrected chi connectivity index (χ0v) is 11.9. The van der Waals surface area contributed by atoms with E-state index in [1.165, 1.54) is 0 Å². The summed E-state index contributed by atoms with van der Waals surface area (Å²) in [6.07, 6.45) is 1.60. The minimum atomic E-state index is -0.214. The molecule has 92 valence electrons. The van der Waals surface area contributed by atoms with Crippen LogP contribution in [0.1, 0.15) is 15.9 Å². The van der Waals surface area contributed by atoms with Gasteiger partial charge in [-0.25, -0.2) is 4.98 Å². The number of carbonyl (C=O) groups is 1. The fourth-order valence-electron chi connectivity index (χ4n) is 1.49. The van der Waals surface area contributed by atoms with Crippen molar-refractivity contribution in [2.45, 2.75) is 6.92 Å². The molecule has 0 aliphatic rings. The Morgan fingerprint density at radius 2 is 2.17 bits per heavy atom. The van der Waals surface area contributed by atoms with Crippen LogP contribution in [0.2, 0.25) is 5.15 Å². The van der Waals surface area contributed by atoms with Crippen LogP contribution in [0.3, 0.4) is 0 Å². The molecule has 0 saturated heterocycles. The minimum Gasteiger partial charge on any atom is -0.319 e. The average Bonchev–Trinajstić information content (AvgIpc) is 2.34. The monoisotopic (exact) mass is 324 g/mol. The molecule has 1 amide bonds. The number of hydrogen-bond acceptors (Lipinski definition) is 2. The normalized spacial score (nSPS) is 10.2. The minimum absolute atomic E-state index is 0.214. The predicted octanol–water partition coefficient (Wildman–Crippen LogP) is 4.06. The van der Waals surface area contributed by atoms with Crippen LogP contribution in [0.4, 0.5) is 5.69 Å². The standard InChI is InChI=1S/C13H10BrClN2O/c1-8-5-6-16-12(15)11(8)17-13(18)9-3-2-4-10(14)7-9/h2-7H,1H3,(H,17,18). The van der Waals surface area contributed by atoms with Gasteiger partial charge in [0.25, 0.3) is 5.91 Å². The molecule has 1 heterocycles. The lowest BCUT2D eigenvalue weighted by Gasteiger charge is -2.09. The lowest BCUT2D eigenvalue weighted by atomic mass is 10.2. The van der Waals surface area contributed by atoms with Crippen molar-refractivity contribution >= 4 is 39.1 Å². The second kappa shape index (κ2) is 5.50. The number of rotatable bonds is 2. The number of hydrogen-bond donors (Lipinski definition) is 1. The van der Waals surface area contributed by atoms with Crippen LogP contribution in [0.25, 0.3) is 0 Å². The molecule has 1 aromatic carbocycles. The summed E-state index contributed by atoms with van der Waals surface area (Å²) in [4.78, 5) is 16.0. The first-order chi connectivity index (χ1) is 8.58. The Bertz CT molecular complexity index is 581. The number of pyridine rings is 1. The molecule has 1 N–H and O–H groups in total. The van der Waals surface area contributed by atoms with Crippen LogP contribution in [0, 0.1) is 6.92 Å². The van der Waals surface area contributed by atoms with Gasteiger partial charge in [-0.05, 0) is 36.8 Å². The molecule has 1 aromatic heterocycles. The van der Waals surface area contributed by atoms with Crippen LogP contribution in [-0.4, -0.2) is 10.9 Å². The highest BCUT2D eigenvalue weighted by Gasteiger charge is 2.11. The van der Waals surface area contributed by atoms with E-state index < -0.39 is 0 Å². The van der Waals surface area contributed by atoms with Crippen LogP contribution in [0.5, 0.6) is 0 Å². The maximum absolute atomic E-state index is 12.1. The molecular weight excluding hydrogens is 316 g/mol. The maximum Gasteiger partial charge on any atom is 0.255 e. The lowest BCUT2D eigenvalue weighted by Crippen LogP contribution is -2.13. The van der Waals surface area contributed by atoms with Crippen LogP contribution >= 0.6 is 27.5 Å². The Kier molecular flexibility index (Phi) is 3.99. The smallest absolute Gasteiger partial charge is 0.255 e. The summed E-state index contributed by atoms with van der Waals surface area (Å²) in [5.74, 6) is -0.214. The second-order valence-electron chi connectivity index (χ2n) is 3.76. The van der Waals surface area contributed by atoms with E-state index in [0.29, 0.717) is 16.4 Å². The van der Waals surface area contributed by atoms with Gasteiger partial charge < -0.3 is 5.32 Å². The highest BCUT2D eigenvalue weighted by molar-refractivity contribution is 9.10. The van der Waals surface area contributed by atoms with Crippen molar-refractivity contribution in [1.29, 1.82) is 0 Å². The van der Waals surface area contributed by atoms with Crippen molar-refractivity contribution in [2.75, 3.05) is 5.32 Å². The van der Waals surface area contributed by atoms with Crippen molar-refractivity contribution in [3.8, 4) is 0 Å². The number of nitrogens with one attached hydrogen (secondary N) is 1. The van der Waals surface area contributed by atoms with Gasteiger partial charge in [0.2, 0.25) is 0 Å². The van der Waals surface area contributed by atoms with Gasteiger partial charge in [-0.2, -0.15) is 0 Å². The van der Waals surface area contributed by atoms with E-state index in [2.05, 4.69) is 26.2 Å². The molecule has 0 atom stereocenters. The highest BCUT2D eigenvalue weighted by atomic mass is 79.9. The molecule has 0 fully saturated rings. The Morgan fingerprint density at radius 3 is 2.83 bits per heavy atom. The van der Waals surface area contributed by atoms with E-state index in [1.54, 1.807) is 30.5 Å². The van der Waals surface area contributed by atoms with Crippen LogP contribution in [-0.2, 0) is 0 Å². The molecule has 2 aromatic rings. The third-order valence-electron chi connectivity index (χ3n) is 2.44. The maximum atomic E-state index is 12.1. The van der Waals surface area contributed by atoms with Gasteiger partial charge in [0.1, 0.15) is 0 Å². The van der Waals surface area contributed by atoms with E-state index in [4.69, 9.17) is 11.6 Å². The van der Waals surface area contributed by atoms with Crippen molar-refractivity contribution in [3.63, 3.8) is 0 Å². The summed E-state index contributed by atoms with van der Waals surface area (Å²) < 4.78 is 0.851. The first-order valence-electron chi connectivity index (χ1n) is 5.26. The quantitative estimate of drug-likeness (QED) is 0.846. The molecule has 0 saturated carbocycles. The van der Waals surface area contributed by atoms with Gasteiger partial charge in [-0.1, -0.05) is 33.6 Å². The first-order valence-corrected chi connectivity index (χ1v) is 6.43. The van der Waals surface area contributed by atoms with Gasteiger partial charge in [0.15, 0.2) is 5.15 Å². The van der Waals surface area contributed by atoms with E-state index >= 15 is 0 Å². The SMILES string of the molecule is Cc1ccnc(Cl)c1NC(=O)c1cccc(Br)c1. The largest absolute Gasteiger partial charge is 0.319 e. The molecular formula is C13H10BrClN2O. The Balaban J connectivity index is 2.27. The number of anilines is 1. The molecule has 0 aliphatic heterocycles. The second-order valence-corrected chi connectivity index (χ2v) is 5.03.